The van der Waals surface area contributed by atoms with Crippen LogP contribution >= 0.6 is 11.3 Å². The Bertz CT molecular complexity index is 810. The highest BCUT2D eigenvalue weighted by atomic mass is 32.1. The molecule has 2 aromatic rings. The van der Waals surface area contributed by atoms with Crippen LogP contribution in [0.3, 0.4) is 0 Å². The minimum atomic E-state index is 0.545. The minimum absolute atomic E-state index is 0.545. The van der Waals surface area contributed by atoms with Crippen molar-refractivity contribution in [2.45, 2.75) is 32.9 Å². The molecule has 1 aliphatic heterocycles. The quantitative estimate of drug-likeness (QED) is 0.333. The monoisotopic (exact) mass is 444 g/mol. The molecule has 0 saturated carbocycles. The van der Waals surface area contributed by atoms with Gasteiger partial charge in [0.05, 0.1) is 6.61 Å². The lowest BCUT2D eigenvalue weighted by Gasteiger charge is -2.32. The predicted octanol–water partition coefficient (Wildman–Crippen LogP) is 3.66. The number of aliphatic imine (C=N–C) groups is 1. The Morgan fingerprint density at radius 1 is 1.26 bits per heavy atom. The highest BCUT2D eigenvalue weighted by Crippen LogP contribution is 2.21. The van der Waals surface area contributed by atoms with Gasteiger partial charge in [-0.1, -0.05) is 18.2 Å². The van der Waals surface area contributed by atoms with E-state index in [1.165, 1.54) is 29.8 Å². The summed E-state index contributed by atoms with van der Waals surface area (Å²) < 4.78 is 11.0. The van der Waals surface area contributed by atoms with Crippen molar-refractivity contribution in [1.82, 2.24) is 15.5 Å². The van der Waals surface area contributed by atoms with Crippen LogP contribution in [-0.4, -0.2) is 57.9 Å². The average Bonchev–Trinajstić information content (AvgIpc) is 3.28. The number of likely N-dealkylation sites (tertiary alicyclic amines) is 1. The molecule has 1 aromatic heterocycles. The summed E-state index contributed by atoms with van der Waals surface area (Å²) in [5, 5.41) is 9.13. The van der Waals surface area contributed by atoms with E-state index in [-0.39, 0.29) is 0 Å². The van der Waals surface area contributed by atoms with E-state index in [9.17, 15) is 0 Å². The summed E-state index contributed by atoms with van der Waals surface area (Å²) in [5.74, 6) is 2.37. The van der Waals surface area contributed by atoms with E-state index in [4.69, 9.17) is 9.47 Å². The normalized spacial score (nSPS) is 17.5. The number of methoxy groups -OCH3 is 1. The topological polar surface area (TPSA) is 58.1 Å². The number of piperidine rings is 1. The Hall–Kier alpha value is -2.09. The Morgan fingerprint density at radius 3 is 2.94 bits per heavy atom. The molecular formula is C24H36N4O2S. The van der Waals surface area contributed by atoms with Crippen LogP contribution < -0.4 is 15.4 Å². The van der Waals surface area contributed by atoms with Crippen LogP contribution in [0.5, 0.6) is 5.75 Å². The maximum atomic E-state index is 5.90. The first-order valence-electron chi connectivity index (χ1n) is 11.1. The van der Waals surface area contributed by atoms with Gasteiger partial charge >= 0.3 is 0 Å². The van der Waals surface area contributed by atoms with Crippen molar-refractivity contribution in [2.75, 3.05) is 47.0 Å². The van der Waals surface area contributed by atoms with E-state index in [2.05, 4.69) is 63.2 Å². The van der Waals surface area contributed by atoms with Gasteiger partial charge in [0, 0.05) is 50.8 Å². The number of nitrogens with one attached hydrogen (secondary N) is 2. The van der Waals surface area contributed by atoms with Gasteiger partial charge in [-0.2, -0.15) is 0 Å². The van der Waals surface area contributed by atoms with Gasteiger partial charge in [0.15, 0.2) is 5.96 Å². The number of aryl methyl sites for hydroxylation is 1. The van der Waals surface area contributed by atoms with E-state index >= 15 is 0 Å². The number of hydrogen-bond donors (Lipinski definition) is 2. The summed E-state index contributed by atoms with van der Waals surface area (Å²) in [5.41, 5.74) is 2.30. The van der Waals surface area contributed by atoms with E-state index in [1.54, 1.807) is 7.11 Å². The first-order chi connectivity index (χ1) is 15.2. The van der Waals surface area contributed by atoms with Gasteiger partial charge in [-0.25, -0.2) is 0 Å². The second-order valence-electron chi connectivity index (χ2n) is 8.08. The molecule has 0 aliphatic carbocycles. The number of hydrogen-bond acceptors (Lipinski definition) is 5. The van der Waals surface area contributed by atoms with E-state index in [0.717, 1.165) is 36.9 Å². The third-order valence-corrected chi connectivity index (χ3v) is 6.42. The molecule has 1 aromatic carbocycles. The second-order valence-corrected chi connectivity index (χ2v) is 9.11. The zero-order chi connectivity index (χ0) is 21.9. The van der Waals surface area contributed by atoms with E-state index in [0.29, 0.717) is 25.7 Å². The van der Waals surface area contributed by atoms with E-state index < -0.39 is 0 Å². The SMILES string of the molecule is CN=C(NCc1ccc(C)cc1OCCOC)NCC1CCCN(Cc2cccs2)C1. The molecule has 0 radical (unpaired) electrons. The zero-order valence-corrected chi connectivity index (χ0v) is 19.8. The molecule has 0 bridgehead atoms. The Balaban J connectivity index is 1.46. The number of rotatable bonds is 10. The van der Waals surface area contributed by atoms with Gasteiger partial charge in [-0.3, -0.25) is 9.89 Å². The van der Waals surface area contributed by atoms with Crippen LogP contribution in [0.15, 0.2) is 40.7 Å². The van der Waals surface area contributed by atoms with Crippen LogP contribution in [0.25, 0.3) is 0 Å². The molecule has 2 heterocycles. The maximum absolute atomic E-state index is 5.90. The molecule has 3 rings (SSSR count). The van der Waals surface area contributed by atoms with Gasteiger partial charge in [0.2, 0.25) is 0 Å². The standard InChI is InChI=1S/C24H36N4O2S/c1-19-8-9-21(23(14-19)30-12-11-29-3)16-27-24(25-2)26-15-20-6-4-10-28(17-20)18-22-7-5-13-31-22/h5,7-9,13-14,20H,4,6,10-12,15-18H2,1-3H3,(H2,25,26,27). The molecule has 1 fully saturated rings. The van der Waals surface area contributed by atoms with Crippen LogP contribution in [0.2, 0.25) is 0 Å². The molecule has 7 heteroatoms. The molecule has 1 saturated heterocycles. The zero-order valence-electron chi connectivity index (χ0n) is 19.0. The molecule has 1 atom stereocenters. The fourth-order valence-electron chi connectivity index (χ4n) is 3.90. The second kappa shape index (κ2) is 12.7. The summed E-state index contributed by atoms with van der Waals surface area (Å²) in [6, 6.07) is 10.7. The highest BCUT2D eigenvalue weighted by Gasteiger charge is 2.20. The third kappa shape index (κ3) is 7.83. The van der Waals surface area contributed by atoms with Crippen molar-refractivity contribution in [1.29, 1.82) is 0 Å². The lowest BCUT2D eigenvalue weighted by Crippen LogP contribution is -2.44. The Kier molecular flexibility index (Phi) is 9.65. The predicted molar refractivity (Wildman–Crippen MR) is 129 cm³/mol. The first kappa shape index (κ1) is 23.6. The lowest BCUT2D eigenvalue weighted by molar-refractivity contribution is 0.145. The van der Waals surface area contributed by atoms with Gasteiger partial charge in [0.25, 0.3) is 0 Å². The Labute approximate surface area is 190 Å². The molecule has 6 nitrogen and oxygen atoms in total. The first-order valence-corrected chi connectivity index (χ1v) is 12.0. The van der Waals surface area contributed by atoms with Crippen molar-refractivity contribution < 1.29 is 9.47 Å². The summed E-state index contributed by atoms with van der Waals surface area (Å²) in [4.78, 5) is 8.44. The van der Waals surface area contributed by atoms with Crippen LogP contribution in [0, 0.1) is 12.8 Å². The van der Waals surface area contributed by atoms with Gasteiger partial charge in [-0.15, -0.1) is 11.3 Å². The van der Waals surface area contributed by atoms with Crippen molar-refractivity contribution in [2.24, 2.45) is 10.9 Å². The molecule has 170 valence electrons. The van der Waals surface area contributed by atoms with Crippen molar-refractivity contribution in [3.63, 3.8) is 0 Å². The third-order valence-electron chi connectivity index (χ3n) is 5.56. The summed E-state index contributed by atoms with van der Waals surface area (Å²) in [6.07, 6.45) is 2.52. The summed E-state index contributed by atoms with van der Waals surface area (Å²) in [7, 11) is 3.51. The summed E-state index contributed by atoms with van der Waals surface area (Å²) >= 11 is 1.85. The van der Waals surface area contributed by atoms with Crippen LogP contribution in [0.4, 0.5) is 0 Å². The average molecular weight is 445 g/mol. The number of guanidine groups is 1. The molecule has 0 amide bonds. The van der Waals surface area contributed by atoms with Gasteiger partial charge in [-0.05, 0) is 55.3 Å². The molecule has 2 N–H and O–H groups in total. The fourth-order valence-corrected chi connectivity index (χ4v) is 4.65. The van der Waals surface area contributed by atoms with Gasteiger partial charge in [0.1, 0.15) is 12.4 Å². The number of thiophene rings is 1. The van der Waals surface area contributed by atoms with Crippen LogP contribution in [0.1, 0.15) is 28.8 Å². The fraction of sp³-hybridized carbons (Fsp3) is 0.542. The molecular weight excluding hydrogens is 408 g/mol. The molecule has 31 heavy (non-hydrogen) atoms. The largest absolute Gasteiger partial charge is 0.491 e. The lowest BCUT2D eigenvalue weighted by atomic mass is 9.98. The smallest absolute Gasteiger partial charge is 0.191 e. The Morgan fingerprint density at radius 2 is 2.16 bits per heavy atom. The number of nitrogens with zero attached hydrogens (tertiary/aromatic N) is 2. The van der Waals surface area contributed by atoms with Crippen LogP contribution in [-0.2, 0) is 17.8 Å². The van der Waals surface area contributed by atoms with Crippen molar-refractivity contribution in [3.05, 3.63) is 51.7 Å². The molecule has 1 aliphatic rings. The number of benzene rings is 1. The highest BCUT2D eigenvalue weighted by molar-refractivity contribution is 7.09. The summed E-state index contributed by atoms with van der Waals surface area (Å²) in [6.45, 7) is 8.20. The minimum Gasteiger partial charge on any atom is -0.491 e. The molecule has 0 spiro atoms. The van der Waals surface area contributed by atoms with Gasteiger partial charge < -0.3 is 20.1 Å². The molecule has 1 unspecified atom stereocenters. The van der Waals surface area contributed by atoms with E-state index in [1.807, 2.05) is 18.4 Å². The maximum Gasteiger partial charge on any atom is 0.191 e. The number of ether oxygens (including phenoxy) is 2. The van der Waals surface area contributed by atoms with Crippen molar-refractivity contribution >= 4 is 17.3 Å². The van der Waals surface area contributed by atoms with Crippen molar-refractivity contribution in [3.8, 4) is 5.75 Å².